The minimum atomic E-state index is -0.931. The van der Waals surface area contributed by atoms with Crippen molar-refractivity contribution in [2.45, 2.75) is 72.1 Å². The van der Waals surface area contributed by atoms with Crippen LogP contribution in [-0.2, 0) is 25.5 Å². The van der Waals surface area contributed by atoms with Gasteiger partial charge in [-0.1, -0.05) is 32.1 Å². The van der Waals surface area contributed by atoms with Gasteiger partial charge in [0, 0.05) is 54.8 Å². The van der Waals surface area contributed by atoms with E-state index in [1.165, 1.54) is 52.9 Å². The molecule has 4 atom stereocenters. The number of aliphatic carboxylic acids is 1. The maximum atomic E-state index is 12.9. The summed E-state index contributed by atoms with van der Waals surface area (Å²) in [7, 11) is 3.58. The second kappa shape index (κ2) is 18.4. The lowest BCUT2D eigenvalue weighted by molar-refractivity contribution is -0.141. The molecule has 1 aromatic heterocycles. The fraction of sp³-hybridized carbons (Fsp3) is 0.474. The summed E-state index contributed by atoms with van der Waals surface area (Å²) in [5, 5.41) is 18.7. The van der Waals surface area contributed by atoms with E-state index >= 15 is 0 Å². The number of fused-ring (bicyclic) bond motifs is 2. The summed E-state index contributed by atoms with van der Waals surface area (Å²) in [6.45, 7) is 11.9. The molecule has 50 heavy (non-hydrogen) atoms. The van der Waals surface area contributed by atoms with Crippen molar-refractivity contribution in [2.24, 2.45) is 17.6 Å². The molecule has 1 fully saturated rings. The van der Waals surface area contributed by atoms with Crippen LogP contribution in [-0.4, -0.2) is 101 Å². The number of aromatic nitrogens is 1. The highest BCUT2D eigenvalue weighted by atomic mass is 16.5. The number of hydrogen-bond acceptors (Lipinski definition) is 9. The summed E-state index contributed by atoms with van der Waals surface area (Å²) < 4.78 is 9.50. The molecule has 12 nitrogen and oxygen atoms in total. The van der Waals surface area contributed by atoms with Crippen molar-refractivity contribution in [3.05, 3.63) is 65.4 Å². The van der Waals surface area contributed by atoms with Crippen molar-refractivity contribution in [1.82, 2.24) is 14.8 Å². The number of nitrogens with one attached hydrogen (secondary N) is 1. The number of aromatic hydroxyl groups is 1. The summed E-state index contributed by atoms with van der Waals surface area (Å²) in [5.41, 5.74) is 10.9. The normalized spacial score (nSPS) is 19.6. The van der Waals surface area contributed by atoms with E-state index in [-0.39, 0.29) is 35.6 Å². The number of aromatic amines is 1. The number of rotatable bonds is 7. The van der Waals surface area contributed by atoms with Crippen LogP contribution >= 0.6 is 0 Å². The van der Waals surface area contributed by atoms with Crippen molar-refractivity contribution < 1.29 is 38.9 Å². The van der Waals surface area contributed by atoms with E-state index in [9.17, 15) is 19.2 Å². The number of aldehydes is 1. The Hall–Kier alpha value is -4.68. The summed E-state index contributed by atoms with van der Waals surface area (Å²) in [6.07, 6.45) is 7.79. The van der Waals surface area contributed by atoms with E-state index in [1.54, 1.807) is 13.8 Å². The van der Waals surface area contributed by atoms with Crippen LogP contribution in [0.2, 0.25) is 0 Å². The first-order valence-electron chi connectivity index (χ1n) is 17.1. The van der Waals surface area contributed by atoms with Gasteiger partial charge in [-0.25, -0.2) is 0 Å². The molecular weight excluding hydrogens is 640 g/mol. The molecule has 3 aliphatic rings. The summed E-state index contributed by atoms with van der Waals surface area (Å²) >= 11 is 0. The highest BCUT2D eigenvalue weighted by molar-refractivity contribution is 5.99. The van der Waals surface area contributed by atoms with E-state index in [4.69, 9.17) is 25.4 Å². The third-order valence-corrected chi connectivity index (χ3v) is 9.09. The Bertz CT molecular complexity index is 1660. The zero-order chi connectivity index (χ0) is 37.1. The number of hydrogen-bond donors (Lipinski definition) is 4. The fourth-order valence-corrected chi connectivity index (χ4v) is 6.09. The van der Waals surface area contributed by atoms with E-state index in [0.717, 1.165) is 32.5 Å². The first-order chi connectivity index (χ1) is 23.8. The Balaban J connectivity index is 0.000000214. The van der Waals surface area contributed by atoms with Crippen molar-refractivity contribution >= 4 is 40.6 Å². The quantitative estimate of drug-likeness (QED) is 0.197. The number of phenols is 1. The molecule has 1 aliphatic carbocycles. The van der Waals surface area contributed by atoms with Gasteiger partial charge in [-0.15, -0.1) is 0 Å². The van der Waals surface area contributed by atoms with Gasteiger partial charge < -0.3 is 35.3 Å². The van der Waals surface area contributed by atoms with Crippen LogP contribution < -0.4 is 10.5 Å². The van der Waals surface area contributed by atoms with E-state index < -0.39 is 12.0 Å². The van der Waals surface area contributed by atoms with Crippen molar-refractivity contribution in [3.63, 3.8) is 0 Å². The number of benzene rings is 2. The van der Waals surface area contributed by atoms with Crippen LogP contribution in [0.5, 0.6) is 11.5 Å². The average molecular weight is 693 g/mol. The second-order valence-corrected chi connectivity index (χ2v) is 12.9. The second-order valence-electron chi connectivity index (χ2n) is 12.9. The number of phenolic OH excluding ortho intramolecular Hbond substituents is 1. The van der Waals surface area contributed by atoms with E-state index in [0.29, 0.717) is 30.1 Å². The number of nitrogens with zero attached hydrogens (tertiary/aromatic N) is 2. The zero-order valence-corrected chi connectivity index (χ0v) is 30.1. The first-order valence-corrected chi connectivity index (χ1v) is 17.1. The van der Waals surface area contributed by atoms with Gasteiger partial charge in [0.1, 0.15) is 12.3 Å². The van der Waals surface area contributed by atoms with E-state index in [2.05, 4.69) is 61.3 Å². The molecule has 0 radical (unpaired) electrons. The molecular formula is C38H52N4O8. The van der Waals surface area contributed by atoms with Crippen molar-refractivity contribution in [1.29, 1.82) is 0 Å². The van der Waals surface area contributed by atoms with Crippen LogP contribution in [0.4, 0.5) is 0 Å². The minimum Gasteiger partial charge on any atom is -0.504 e. The molecule has 0 spiro atoms. The number of amides is 1. The fourth-order valence-electron chi connectivity index (χ4n) is 6.09. The van der Waals surface area contributed by atoms with Crippen molar-refractivity contribution in [2.75, 3.05) is 33.8 Å². The van der Waals surface area contributed by atoms with Gasteiger partial charge in [0.25, 0.3) is 0 Å². The molecule has 1 amide bonds. The molecule has 0 saturated carbocycles. The lowest BCUT2D eigenvalue weighted by Crippen LogP contribution is -2.47. The number of nitrogens with two attached hydrogens (primary N) is 1. The molecule has 1 saturated heterocycles. The Morgan fingerprint density at radius 3 is 2.40 bits per heavy atom. The van der Waals surface area contributed by atoms with Crippen LogP contribution in [0, 0.1) is 11.8 Å². The van der Waals surface area contributed by atoms with Gasteiger partial charge in [-0.05, 0) is 87.5 Å². The number of carbonyl (C=O) groups is 4. The molecule has 0 bridgehead atoms. The van der Waals surface area contributed by atoms with Gasteiger partial charge in [0.05, 0.1) is 19.1 Å². The SMILES string of the molecule is CC(C)[C@H](N)C(=O)O.CC1CCC(=O)O1.CCN(CC)C(=O)[C@@H]1C=C2c3cccc4[nH]cc(c34)C[C@H]2N(C)C1.COc1cc(C=O)ccc1O. The third-order valence-electron chi connectivity index (χ3n) is 9.09. The monoisotopic (exact) mass is 692 g/mol. The van der Waals surface area contributed by atoms with Crippen LogP contribution in [0.25, 0.3) is 16.5 Å². The largest absolute Gasteiger partial charge is 0.504 e. The number of H-pyrrole nitrogens is 1. The Morgan fingerprint density at radius 2 is 1.90 bits per heavy atom. The summed E-state index contributed by atoms with van der Waals surface area (Å²) in [5.74, 6) is -0.394. The van der Waals surface area contributed by atoms with Crippen molar-refractivity contribution in [3.8, 4) is 11.5 Å². The predicted octanol–water partition coefficient (Wildman–Crippen LogP) is 4.89. The summed E-state index contributed by atoms with van der Waals surface area (Å²) in [4.78, 5) is 51.1. The zero-order valence-electron chi connectivity index (χ0n) is 30.1. The third kappa shape index (κ3) is 9.95. The highest BCUT2D eigenvalue weighted by Gasteiger charge is 2.36. The standard InChI is InChI=1S/C20H25N3O.C8H8O3.C5H11NO2.C5H8O2/c1-4-23(5-2)20(24)14-9-16-15-7-6-8-17-19(15)13(11-21-17)10-18(16)22(3)12-14;1-11-8-4-6(5-9)2-3-7(8)10;1-3(2)4(6)5(7)8;1-4-2-3-5(6)7-4/h6-9,11,14,18,21H,4-5,10,12H2,1-3H3;2-5,10H,1H3;3-4H,6H2,1-2H3,(H,7,8);4H,2-3H2,1H3/t14-,18-;;4-;/m1.0./s1. The van der Waals surface area contributed by atoms with Crippen LogP contribution in [0.3, 0.4) is 0 Å². The van der Waals surface area contributed by atoms with Crippen LogP contribution in [0.1, 0.15) is 68.9 Å². The first kappa shape index (κ1) is 39.8. The predicted molar refractivity (Wildman–Crippen MR) is 193 cm³/mol. The molecule has 5 N–H and O–H groups in total. The van der Waals surface area contributed by atoms with Crippen LogP contribution in [0.15, 0.2) is 48.7 Å². The number of esters is 1. The maximum absolute atomic E-state index is 12.9. The lowest BCUT2D eigenvalue weighted by atomic mass is 9.79. The minimum absolute atomic E-state index is 0.0208. The van der Waals surface area contributed by atoms with Gasteiger partial charge in [0.2, 0.25) is 5.91 Å². The number of carboxylic acid groups (broad SMARTS) is 1. The molecule has 2 aromatic carbocycles. The average Bonchev–Trinajstić information content (AvgIpc) is 3.71. The molecule has 272 valence electrons. The number of methoxy groups -OCH3 is 1. The highest BCUT2D eigenvalue weighted by Crippen LogP contribution is 2.41. The molecule has 3 heterocycles. The molecule has 2 aliphatic heterocycles. The smallest absolute Gasteiger partial charge is 0.320 e. The maximum Gasteiger partial charge on any atom is 0.320 e. The van der Waals surface area contributed by atoms with Gasteiger partial charge in [0.15, 0.2) is 11.5 Å². The summed E-state index contributed by atoms with van der Waals surface area (Å²) in [6, 6.07) is 10.5. The Labute approximate surface area is 294 Å². The van der Waals surface area contributed by atoms with Gasteiger partial charge >= 0.3 is 11.9 Å². The molecule has 3 aromatic rings. The molecule has 1 unspecified atom stereocenters. The molecule has 12 heteroatoms. The topological polar surface area (TPSA) is 175 Å². The number of carbonyl (C=O) groups excluding carboxylic acids is 3. The Morgan fingerprint density at radius 1 is 1.20 bits per heavy atom. The number of carboxylic acids is 1. The van der Waals surface area contributed by atoms with Gasteiger partial charge in [-0.3, -0.25) is 24.1 Å². The number of cyclic esters (lactones) is 1. The van der Waals surface area contributed by atoms with Gasteiger partial charge in [-0.2, -0.15) is 0 Å². The number of likely N-dealkylation sites (N-methyl/N-ethyl adjacent to an activating group) is 1. The van der Waals surface area contributed by atoms with E-state index in [1.807, 2.05) is 11.8 Å². The lowest BCUT2D eigenvalue weighted by Gasteiger charge is -2.40. The molecule has 6 rings (SSSR count). The number of ether oxygens (including phenoxy) is 2. The Kier molecular flexibility index (Phi) is 14.6.